The Morgan fingerprint density at radius 1 is 1.00 bits per heavy atom. The van der Waals surface area contributed by atoms with E-state index in [1.807, 2.05) is 29.5 Å². The first-order chi connectivity index (χ1) is 9.65. The van der Waals surface area contributed by atoms with Gasteiger partial charge in [-0.15, -0.1) is 11.3 Å². The van der Waals surface area contributed by atoms with Crippen molar-refractivity contribution in [2.75, 3.05) is 5.32 Å². The van der Waals surface area contributed by atoms with Crippen LogP contribution in [0.4, 0.5) is 5.69 Å². The average molecular weight is 411 g/mol. The molecular formula is C16H13Br2NS. The van der Waals surface area contributed by atoms with E-state index >= 15 is 0 Å². The number of halogens is 2. The Hall–Kier alpha value is -0.840. The molecule has 20 heavy (non-hydrogen) atoms. The zero-order valence-electron chi connectivity index (χ0n) is 10.9. The maximum Gasteiger partial charge on any atom is 0.0633 e. The van der Waals surface area contributed by atoms with Gasteiger partial charge in [0.2, 0.25) is 0 Å². The highest BCUT2D eigenvalue weighted by atomic mass is 79.9. The normalized spacial score (nSPS) is 12.6. The van der Waals surface area contributed by atoms with Gasteiger partial charge in [-0.2, -0.15) is 0 Å². The third-order valence-electron chi connectivity index (χ3n) is 3.19. The summed E-state index contributed by atoms with van der Waals surface area (Å²) in [6.07, 6.45) is 0. The number of anilines is 1. The lowest BCUT2D eigenvalue weighted by Crippen LogP contribution is -2.05. The van der Waals surface area contributed by atoms with Gasteiger partial charge in [0, 0.05) is 18.5 Å². The van der Waals surface area contributed by atoms with Crippen LogP contribution in [-0.4, -0.2) is 0 Å². The van der Waals surface area contributed by atoms with Gasteiger partial charge in [-0.05, 0) is 68.4 Å². The Morgan fingerprint density at radius 3 is 2.40 bits per heavy atom. The second kappa shape index (κ2) is 5.88. The van der Waals surface area contributed by atoms with Crippen LogP contribution >= 0.6 is 43.2 Å². The maximum absolute atomic E-state index is 3.59. The Balaban J connectivity index is 1.91. The molecule has 1 heterocycles. The predicted octanol–water partition coefficient (Wildman–Crippen LogP) is 6.60. The number of nitrogens with one attached hydrogen (secondary N) is 1. The van der Waals surface area contributed by atoms with Gasteiger partial charge in [-0.1, -0.05) is 24.3 Å². The van der Waals surface area contributed by atoms with Gasteiger partial charge in [0.1, 0.15) is 0 Å². The molecule has 3 aromatic rings. The van der Waals surface area contributed by atoms with Gasteiger partial charge in [0.15, 0.2) is 0 Å². The molecule has 0 radical (unpaired) electrons. The van der Waals surface area contributed by atoms with Crippen molar-refractivity contribution in [3.8, 4) is 0 Å². The summed E-state index contributed by atoms with van der Waals surface area (Å²) in [5.74, 6) is 0. The van der Waals surface area contributed by atoms with Crippen molar-refractivity contribution in [3.05, 3.63) is 62.4 Å². The first-order valence-electron chi connectivity index (χ1n) is 6.34. The summed E-state index contributed by atoms with van der Waals surface area (Å²) in [6, 6.07) is 17.1. The standard InChI is InChI=1S/C16H13Br2NS/c1-10(19-16-12(17)6-4-7-13(16)18)15-9-11-5-2-3-8-14(11)20-15/h2-10,19H,1H3. The van der Waals surface area contributed by atoms with E-state index in [0.29, 0.717) is 0 Å². The maximum atomic E-state index is 3.59. The molecule has 102 valence electrons. The van der Waals surface area contributed by atoms with Crippen molar-refractivity contribution < 1.29 is 0 Å². The van der Waals surface area contributed by atoms with Crippen LogP contribution < -0.4 is 5.32 Å². The highest BCUT2D eigenvalue weighted by molar-refractivity contribution is 9.11. The summed E-state index contributed by atoms with van der Waals surface area (Å²) in [6.45, 7) is 2.19. The zero-order chi connectivity index (χ0) is 14.1. The monoisotopic (exact) mass is 409 g/mol. The SMILES string of the molecule is CC(Nc1c(Br)cccc1Br)c1cc2ccccc2s1. The van der Waals surface area contributed by atoms with Crippen LogP contribution in [-0.2, 0) is 0 Å². The summed E-state index contributed by atoms with van der Waals surface area (Å²) < 4.78 is 3.47. The van der Waals surface area contributed by atoms with Crippen molar-refractivity contribution in [2.45, 2.75) is 13.0 Å². The van der Waals surface area contributed by atoms with E-state index in [4.69, 9.17) is 0 Å². The summed E-state index contributed by atoms with van der Waals surface area (Å²) in [7, 11) is 0. The lowest BCUT2D eigenvalue weighted by molar-refractivity contribution is 0.906. The molecule has 1 N–H and O–H groups in total. The van der Waals surface area contributed by atoms with Crippen molar-refractivity contribution in [2.24, 2.45) is 0 Å². The molecule has 1 aromatic heterocycles. The first-order valence-corrected chi connectivity index (χ1v) is 8.74. The molecule has 0 aliphatic rings. The molecule has 2 aromatic carbocycles. The van der Waals surface area contributed by atoms with E-state index in [9.17, 15) is 0 Å². The van der Waals surface area contributed by atoms with E-state index in [-0.39, 0.29) is 6.04 Å². The molecule has 4 heteroatoms. The highest BCUT2D eigenvalue weighted by Crippen LogP contribution is 2.36. The van der Waals surface area contributed by atoms with E-state index < -0.39 is 0 Å². The van der Waals surface area contributed by atoms with Crippen molar-refractivity contribution in [1.29, 1.82) is 0 Å². The molecular weight excluding hydrogens is 398 g/mol. The third kappa shape index (κ3) is 2.78. The van der Waals surface area contributed by atoms with E-state index in [2.05, 4.69) is 74.4 Å². The van der Waals surface area contributed by atoms with E-state index in [0.717, 1.165) is 14.6 Å². The predicted molar refractivity (Wildman–Crippen MR) is 95.7 cm³/mol. The Morgan fingerprint density at radius 2 is 1.70 bits per heavy atom. The van der Waals surface area contributed by atoms with Crippen molar-refractivity contribution >= 4 is 59.0 Å². The minimum Gasteiger partial charge on any atom is -0.376 e. The number of rotatable bonds is 3. The molecule has 1 nitrogen and oxygen atoms in total. The number of hydrogen-bond donors (Lipinski definition) is 1. The van der Waals surface area contributed by atoms with Crippen molar-refractivity contribution in [3.63, 3.8) is 0 Å². The van der Waals surface area contributed by atoms with Crippen LogP contribution in [0.2, 0.25) is 0 Å². The van der Waals surface area contributed by atoms with Crippen molar-refractivity contribution in [1.82, 2.24) is 0 Å². The first kappa shape index (κ1) is 14.1. The molecule has 1 atom stereocenters. The lowest BCUT2D eigenvalue weighted by Gasteiger charge is -2.16. The number of thiophene rings is 1. The minimum absolute atomic E-state index is 0.266. The molecule has 3 rings (SSSR count). The van der Waals surface area contributed by atoms with Gasteiger partial charge in [-0.3, -0.25) is 0 Å². The van der Waals surface area contributed by atoms with Crippen LogP contribution in [0.15, 0.2) is 57.5 Å². The minimum atomic E-state index is 0.266. The summed E-state index contributed by atoms with van der Waals surface area (Å²) in [4.78, 5) is 1.34. The van der Waals surface area contributed by atoms with Gasteiger partial charge in [0.25, 0.3) is 0 Å². The summed E-state index contributed by atoms with van der Waals surface area (Å²) >= 11 is 9.03. The van der Waals surface area contributed by atoms with Gasteiger partial charge < -0.3 is 5.32 Å². The largest absolute Gasteiger partial charge is 0.376 e. The van der Waals surface area contributed by atoms with Crippen LogP contribution in [0, 0.1) is 0 Å². The van der Waals surface area contributed by atoms with Crippen LogP contribution in [0.5, 0.6) is 0 Å². The zero-order valence-corrected chi connectivity index (χ0v) is 14.8. The highest BCUT2D eigenvalue weighted by Gasteiger charge is 2.12. The molecule has 0 saturated heterocycles. The van der Waals surface area contributed by atoms with Crippen LogP contribution in [0.1, 0.15) is 17.8 Å². The fourth-order valence-corrected chi connectivity index (χ4v) is 4.43. The topological polar surface area (TPSA) is 12.0 Å². The lowest BCUT2D eigenvalue weighted by atomic mass is 10.2. The van der Waals surface area contributed by atoms with E-state index in [1.54, 1.807) is 0 Å². The average Bonchev–Trinajstić information content (AvgIpc) is 2.87. The van der Waals surface area contributed by atoms with Crippen LogP contribution in [0.3, 0.4) is 0 Å². The molecule has 0 aliphatic heterocycles. The molecule has 1 unspecified atom stereocenters. The Kier molecular flexibility index (Phi) is 4.15. The molecule has 0 fully saturated rings. The number of fused-ring (bicyclic) bond motifs is 1. The molecule has 0 saturated carbocycles. The number of para-hydroxylation sites is 1. The smallest absolute Gasteiger partial charge is 0.0633 e. The molecule has 0 amide bonds. The second-order valence-electron chi connectivity index (χ2n) is 4.65. The van der Waals surface area contributed by atoms with E-state index in [1.165, 1.54) is 15.0 Å². The molecule has 0 aliphatic carbocycles. The Labute approximate surface area is 139 Å². The number of benzene rings is 2. The van der Waals surface area contributed by atoms with Gasteiger partial charge >= 0.3 is 0 Å². The van der Waals surface area contributed by atoms with Gasteiger partial charge in [-0.25, -0.2) is 0 Å². The third-order valence-corrected chi connectivity index (χ3v) is 5.82. The Bertz CT molecular complexity index is 698. The fourth-order valence-electron chi connectivity index (χ4n) is 2.14. The van der Waals surface area contributed by atoms with Crippen LogP contribution in [0.25, 0.3) is 10.1 Å². The molecule has 0 spiro atoms. The quantitative estimate of drug-likeness (QED) is 0.512. The summed E-state index contributed by atoms with van der Waals surface area (Å²) in [5.41, 5.74) is 1.09. The fraction of sp³-hybridized carbons (Fsp3) is 0.125. The van der Waals surface area contributed by atoms with Gasteiger partial charge in [0.05, 0.1) is 11.7 Å². The number of hydrogen-bond acceptors (Lipinski definition) is 2. The molecule has 0 bridgehead atoms. The second-order valence-corrected chi connectivity index (χ2v) is 7.47. The summed E-state index contributed by atoms with van der Waals surface area (Å²) in [5, 5.41) is 4.88.